The van der Waals surface area contributed by atoms with E-state index < -0.39 is 5.91 Å². The topological polar surface area (TPSA) is 104 Å². The molecule has 0 aliphatic carbocycles. The molecular weight excluding hydrogens is 310 g/mol. The molecule has 1 rings (SSSR count). The number of ether oxygens (including phenoxy) is 2. The molecule has 0 bridgehead atoms. The zero-order chi connectivity index (χ0) is 17.6. The molecule has 0 saturated heterocycles. The number of nitrogens with zero attached hydrogens (tertiary/aromatic N) is 1. The number of nitriles is 1. The van der Waals surface area contributed by atoms with Crippen LogP contribution < -0.4 is 15.4 Å². The summed E-state index contributed by atoms with van der Waals surface area (Å²) in [5.74, 6) is 0.362. The fourth-order valence-electron chi connectivity index (χ4n) is 1.83. The molecule has 1 aromatic rings. The van der Waals surface area contributed by atoms with Gasteiger partial charge in [0.2, 0.25) is 0 Å². The van der Waals surface area contributed by atoms with Crippen LogP contribution >= 0.6 is 0 Å². The van der Waals surface area contributed by atoms with Crippen LogP contribution in [0.25, 0.3) is 0 Å². The Kier molecular flexibility index (Phi) is 9.69. The van der Waals surface area contributed by atoms with E-state index in [1.165, 1.54) is 6.20 Å². The quantitative estimate of drug-likeness (QED) is 0.307. The highest BCUT2D eigenvalue weighted by molar-refractivity contribution is 5.97. The third kappa shape index (κ3) is 7.63. The molecule has 24 heavy (non-hydrogen) atoms. The zero-order valence-corrected chi connectivity index (χ0v) is 13.7. The molecule has 0 fully saturated rings. The lowest BCUT2D eigenvalue weighted by molar-refractivity contribution is -0.117. The predicted molar refractivity (Wildman–Crippen MR) is 89.3 cm³/mol. The maximum atomic E-state index is 11.9. The van der Waals surface area contributed by atoms with E-state index in [0.29, 0.717) is 26.1 Å². The highest BCUT2D eigenvalue weighted by Crippen LogP contribution is 2.11. The molecule has 0 atom stereocenters. The normalized spacial score (nSPS) is 10.8. The van der Waals surface area contributed by atoms with Crippen molar-refractivity contribution in [3.8, 4) is 11.8 Å². The number of methoxy groups -OCH3 is 1. The summed E-state index contributed by atoms with van der Waals surface area (Å²) < 4.78 is 10.1. The van der Waals surface area contributed by atoms with Gasteiger partial charge in [0, 0.05) is 19.3 Å². The van der Waals surface area contributed by atoms with Crippen molar-refractivity contribution in [2.24, 2.45) is 0 Å². The van der Waals surface area contributed by atoms with Crippen LogP contribution in [-0.2, 0) is 16.0 Å². The Morgan fingerprint density at radius 1 is 1.29 bits per heavy atom. The first-order valence-corrected chi connectivity index (χ1v) is 7.64. The average molecular weight is 333 g/mol. The number of benzene rings is 1. The van der Waals surface area contributed by atoms with Crippen LogP contribution in [0.3, 0.4) is 0 Å². The number of amides is 1. The predicted octanol–water partition coefficient (Wildman–Crippen LogP) is 0.360. The van der Waals surface area contributed by atoms with Gasteiger partial charge in [-0.05, 0) is 24.1 Å². The van der Waals surface area contributed by atoms with E-state index in [2.05, 4.69) is 10.6 Å². The molecular formula is C17H23N3O4. The third-order valence-corrected chi connectivity index (χ3v) is 3.10. The number of rotatable bonds is 11. The fraction of sp³-hybridized carbons (Fsp3) is 0.412. The third-order valence-electron chi connectivity index (χ3n) is 3.10. The van der Waals surface area contributed by atoms with Gasteiger partial charge in [-0.25, -0.2) is 0 Å². The van der Waals surface area contributed by atoms with Gasteiger partial charge in [0.05, 0.1) is 26.9 Å². The van der Waals surface area contributed by atoms with E-state index in [1.807, 2.05) is 30.3 Å². The van der Waals surface area contributed by atoms with Crippen LogP contribution in [0, 0.1) is 11.3 Å². The lowest BCUT2D eigenvalue weighted by Crippen LogP contribution is -2.28. The summed E-state index contributed by atoms with van der Waals surface area (Å²) in [5, 5.41) is 23.1. The minimum atomic E-state index is -0.421. The standard InChI is InChI=1S/C17H23N3O4/c1-23-16-4-2-14(3-5-16)6-7-20-17(22)15(12-18)13-19-8-10-24-11-9-21/h2-5,13,19,21H,6-11H2,1H3,(H,20,22)/b15-13-. The first-order chi connectivity index (χ1) is 11.7. The maximum absolute atomic E-state index is 11.9. The molecule has 130 valence electrons. The van der Waals surface area contributed by atoms with Crippen LogP contribution in [0.4, 0.5) is 0 Å². The SMILES string of the molecule is COc1ccc(CCNC(=O)/C(C#N)=C\NCCOCCO)cc1. The Bertz CT molecular complexity index is 564. The minimum Gasteiger partial charge on any atom is -0.497 e. The van der Waals surface area contributed by atoms with Crippen molar-refractivity contribution in [3.63, 3.8) is 0 Å². The van der Waals surface area contributed by atoms with Crippen molar-refractivity contribution >= 4 is 5.91 Å². The van der Waals surface area contributed by atoms with E-state index in [9.17, 15) is 4.79 Å². The van der Waals surface area contributed by atoms with Gasteiger partial charge < -0.3 is 25.2 Å². The second kappa shape index (κ2) is 11.9. The van der Waals surface area contributed by atoms with Crippen molar-refractivity contribution in [1.82, 2.24) is 10.6 Å². The summed E-state index contributed by atoms with van der Waals surface area (Å²) in [6, 6.07) is 9.44. The maximum Gasteiger partial charge on any atom is 0.263 e. The number of aliphatic hydroxyl groups excluding tert-OH is 1. The number of nitrogens with one attached hydrogen (secondary N) is 2. The largest absolute Gasteiger partial charge is 0.497 e. The van der Waals surface area contributed by atoms with Gasteiger partial charge in [-0.1, -0.05) is 12.1 Å². The number of aliphatic hydroxyl groups is 1. The zero-order valence-electron chi connectivity index (χ0n) is 13.7. The molecule has 3 N–H and O–H groups in total. The Morgan fingerprint density at radius 2 is 2.04 bits per heavy atom. The minimum absolute atomic E-state index is 0.00638. The Hall–Kier alpha value is -2.56. The molecule has 0 aliphatic heterocycles. The van der Waals surface area contributed by atoms with E-state index in [0.717, 1.165) is 11.3 Å². The van der Waals surface area contributed by atoms with Crippen molar-refractivity contribution in [2.45, 2.75) is 6.42 Å². The first-order valence-electron chi connectivity index (χ1n) is 7.64. The van der Waals surface area contributed by atoms with Gasteiger partial charge in [0.15, 0.2) is 0 Å². The van der Waals surface area contributed by atoms with Crippen LogP contribution in [0.5, 0.6) is 5.75 Å². The highest BCUT2D eigenvalue weighted by Gasteiger charge is 2.07. The van der Waals surface area contributed by atoms with Gasteiger partial charge in [0.1, 0.15) is 17.4 Å². The number of hydrogen-bond donors (Lipinski definition) is 3. The van der Waals surface area contributed by atoms with E-state index >= 15 is 0 Å². The van der Waals surface area contributed by atoms with Gasteiger partial charge in [-0.15, -0.1) is 0 Å². The van der Waals surface area contributed by atoms with Crippen LogP contribution in [0.15, 0.2) is 36.0 Å². The molecule has 7 heteroatoms. The molecule has 7 nitrogen and oxygen atoms in total. The summed E-state index contributed by atoms with van der Waals surface area (Å²) in [6.45, 7) is 1.50. The Labute approximate surface area is 141 Å². The second-order valence-corrected chi connectivity index (χ2v) is 4.81. The Balaban J connectivity index is 2.31. The molecule has 1 aromatic carbocycles. The van der Waals surface area contributed by atoms with E-state index in [-0.39, 0.29) is 18.8 Å². The van der Waals surface area contributed by atoms with Crippen LogP contribution in [0.1, 0.15) is 5.56 Å². The summed E-state index contributed by atoms with van der Waals surface area (Å²) >= 11 is 0. The van der Waals surface area contributed by atoms with Gasteiger partial charge in [-0.2, -0.15) is 5.26 Å². The summed E-state index contributed by atoms with van der Waals surface area (Å²) in [5.41, 5.74) is 1.07. The molecule has 0 aliphatic rings. The summed E-state index contributed by atoms with van der Waals surface area (Å²) in [4.78, 5) is 11.9. The van der Waals surface area contributed by atoms with Gasteiger partial charge in [0.25, 0.3) is 5.91 Å². The monoisotopic (exact) mass is 333 g/mol. The summed E-state index contributed by atoms with van der Waals surface area (Å²) in [7, 11) is 1.61. The Morgan fingerprint density at radius 3 is 2.67 bits per heavy atom. The lowest BCUT2D eigenvalue weighted by atomic mass is 10.1. The van der Waals surface area contributed by atoms with Gasteiger partial charge in [-0.3, -0.25) is 4.79 Å². The fourth-order valence-corrected chi connectivity index (χ4v) is 1.83. The van der Waals surface area contributed by atoms with E-state index in [1.54, 1.807) is 7.11 Å². The molecule has 0 heterocycles. The van der Waals surface area contributed by atoms with Crippen molar-refractivity contribution in [2.75, 3.05) is 40.0 Å². The number of carbonyl (C=O) groups is 1. The van der Waals surface area contributed by atoms with Crippen LogP contribution in [0.2, 0.25) is 0 Å². The molecule has 0 spiro atoms. The lowest BCUT2D eigenvalue weighted by Gasteiger charge is -2.06. The van der Waals surface area contributed by atoms with Crippen molar-refractivity contribution < 1.29 is 19.4 Å². The van der Waals surface area contributed by atoms with Crippen molar-refractivity contribution in [1.29, 1.82) is 5.26 Å². The molecule has 0 unspecified atom stereocenters. The first kappa shape index (κ1) is 19.5. The van der Waals surface area contributed by atoms with E-state index in [4.69, 9.17) is 19.8 Å². The molecule has 0 aromatic heterocycles. The molecule has 1 amide bonds. The number of hydrogen-bond acceptors (Lipinski definition) is 6. The second-order valence-electron chi connectivity index (χ2n) is 4.81. The number of carbonyl (C=O) groups excluding carboxylic acids is 1. The van der Waals surface area contributed by atoms with Gasteiger partial charge >= 0.3 is 0 Å². The highest BCUT2D eigenvalue weighted by atomic mass is 16.5. The van der Waals surface area contributed by atoms with Crippen molar-refractivity contribution in [3.05, 3.63) is 41.6 Å². The smallest absolute Gasteiger partial charge is 0.263 e. The van der Waals surface area contributed by atoms with Crippen LogP contribution in [-0.4, -0.2) is 51.0 Å². The summed E-state index contributed by atoms with van der Waals surface area (Å²) in [6.07, 6.45) is 2.03. The molecule has 0 radical (unpaired) electrons. The average Bonchev–Trinajstić information content (AvgIpc) is 2.61. The molecule has 0 saturated carbocycles.